The first-order chi connectivity index (χ1) is 8.72. The van der Waals surface area contributed by atoms with Gasteiger partial charge in [0.25, 0.3) is 0 Å². The number of H-pyrrole nitrogens is 1. The van der Waals surface area contributed by atoms with Crippen LogP contribution in [0.25, 0.3) is 0 Å². The quantitative estimate of drug-likeness (QED) is 0.819. The molecular weight excluding hydrogens is 232 g/mol. The molecule has 1 atom stereocenters. The van der Waals surface area contributed by atoms with E-state index in [0.717, 1.165) is 6.54 Å². The monoisotopic (exact) mass is 248 g/mol. The lowest BCUT2D eigenvalue weighted by Gasteiger charge is -2.15. The minimum Gasteiger partial charge on any atom is -0.342 e. The molecular formula is C12H16N4O2. The maximum Gasteiger partial charge on any atom is 0.232 e. The topological polar surface area (TPSA) is 78.1 Å². The van der Waals surface area contributed by atoms with Crippen molar-refractivity contribution in [3.8, 4) is 0 Å². The Morgan fingerprint density at radius 1 is 1.56 bits per heavy atom. The Bertz CT molecular complexity index is 453. The first kappa shape index (κ1) is 11.3. The molecule has 1 saturated heterocycles. The Hall–Kier alpha value is -1.85. The van der Waals surface area contributed by atoms with Crippen molar-refractivity contribution in [2.75, 3.05) is 18.4 Å². The van der Waals surface area contributed by atoms with Crippen LogP contribution in [0.4, 0.5) is 5.95 Å². The summed E-state index contributed by atoms with van der Waals surface area (Å²) in [4.78, 5) is 32.3. The van der Waals surface area contributed by atoms with Crippen molar-refractivity contribution < 1.29 is 9.59 Å². The second kappa shape index (κ2) is 4.44. The molecule has 0 aromatic carbocycles. The largest absolute Gasteiger partial charge is 0.342 e. The lowest BCUT2D eigenvalue weighted by atomic mass is 10.1. The summed E-state index contributed by atoms with van der Waals surface area (Å²) in [5.74, 6) is 0.827. The van der Waals surface area contributed by atoms with Gasteiger partial charge in [-0.1, -0.05) is 0 Å². The number of aromatic amines is 1. The summed E-state index contributed by atoms with van der Waals surface area (Å²) in [5, 5.41) is 2.69. The van der Waals surface area contributed by atoms with Gasteiger partial charge in [0.05, 0.1) is 5.92 Å². The molecule has 1 aromatic heterocycles. The molecule has 2 heterocycles. The van der Waals surface area contributed by atoms with E-state index >= 15 is 0 Å². The zero-order valence-corrected chi connectivity index (χ0v) is 10.1. The highest BCUT2D eigenvalue weighted by molar-refractivity contribution is 5.96. The van der Waals surface area contributed by atoms with Crippen LogP contribution in [-0.4, -0.2) is 39.8 Å². The van der Waals surface area contributed by atoms with Crippen LogP contribution >= 0.6 is 0 Å². The third-order valence-corrected chi connectivity index (χ3v) is 3.50. The predicted octanol–water partition coefficient (Wildman–Crippen LogP) is 0.607. The number of aromatic nitrogens is 2. The van der Waals surface area contributed by atoms with Gasteiger partial charge in [-0.05, 0) is 18.8 Å². The number of imidazole rings is 1. The second-order valence-electron chi connectivity index (χ2n) is 5.07. The highest BCUT2D eigenvalue weighted by Gasteiger charge is 2.37. The molecule has 1 aromatic rings. The lowest BCUT2D eigenvalue weighted by molar-refractivity contribution is -0.128. The molecule has 96 valence electrons. The van der Waals surface area contributed by atoms with E-state index in [-0.39, 0.29) is 17.7 Å². The zero-order valence-electron chi connectivity index (χ0n) is 10.1. The Labute approximate surface area is 105 Å². The van der Waals surface area contributed by atoms with E-state index in [1.54, 1.807) is 12.4 Å². The van der Waals surface area contributed by atoms with Gasteiger partial charge in [-0.3, -0.25) is 14.9 Å². The number of nitrogens with zero attached hydrogens (tertiary/aromatic N) is 2. The number of anilines is 1. The van der Waals surface area contributed by atoms with Crippen LogP contribution in [0.3, 0.4) is 0 Å². The minimum absolute atomic E-state index is 0.0986. The molecule has 2 N–H and O–H groups in total. The maximum atomic E-state index is 12.0. The lowest BCUT2D eigenvalue weighted by Crippen LogP contribution is -2.30. The molecule has 0 radical (unpaired) electrons. The van der Waals surface area contributed by atoms with Crippen molar-refractivity contribution in [2.45, 2.75) is 19.3 Å². The van der Waals surface area contributed by atoms with E-state index in [2.05, 4.69) is 15.3 Å². The molecule has 6 heteroatoms. The summed E-state index contributed by atoms with van der Waals surface area (Å²) >= 11 is 0. The summed E-state index contributed by atoms with van der Waals surface area (Å²) in [6.07, 6.45) is 5.98. The molecule has 1 aliphatic heterocycles. The zero-order chi connectivity index (χ0) is 12.5. The molecule has 0 bridgehead atoms. The van der Waals surface area contributed by atoms with Crippen molar-refractivity contribution in [3.63, 3.8) is 0 Å². The molecule has 2 fully saturated rings. The van der Waals surface area contributed by atoms with Crippen molar-refractivity contribution in [1.82, 2.24) is 14.9 Å². The van der Waals surface area contributed by atoms with Gasteiger partial charge in [0.15, 0.2) is 0 Å². The fourth-order valence-electron chi connectivity index (χ4n) is 2.29. The van der Waals surface area contributed by atoms with Gasteiger partial charge in [-0.25, -0.2) is 4.98 Å². The van der Waals surface area contributed by atoms with Gasteiger partial charge in [0.2, 0.25) is 17.8 Å². The standard InChI is InChI=1S/C12H16N4O2/c17-10-5-9(7-16(10)6-8-1-2-8)11(18)15-12-13-3-4-14-12/h3-4,8-9H,1-2,5-7H2,(H2,13,14,15,18). The third-order valence-electron chi connectivity index (χ3n) is 3.50. The summed E-state index contributed by atoms with van der Waals surface area (Å²) in [7, 11) is 0. The fraction of sp³-hybridized carbons (Fsp3) is 0.583. The Morgan fingerprint density at radius 3 is 3.06 bits per heavy atom. The number of hydrogen-bond acceptors (Lipinski definition) is 3. The summed E-state index contributed by atoms with van der Waals surface area (Å²) in [6.45, 7) is 1.37. The van der Waals surface area contributed by atoms with Crippen molar-refractivity contribution >= 4 is 17.8 Å². The number of likely N-dealkylation sites (tertiary alicyclic amines) is 1. The van der Waals surface area contributed by atoms with Crippen molar-refractivity contribution in [2.24, 2.45) is 11.8 Å². The van der Waals surface area contributed by atoms with E-state index in [4.69, 9.17) is 0 Å². The second-order valence-corrected chi connectivity index (χ2v) is 5.07. The maximum absolute atomic E-state index is 12.0. The smallest absolute Gasteiger partial charge is 0.232 e. The van der Waals surface area contributed by atoms with Crippen LogP contribution in [0.2, 0.25) is 0 Å². The molecule has 6 nitrogen and oxygen atoms in total. The first-order valence-corrected chi connectivity index (χ1v) is 6.30. The van der Waals surface area contributed by atoms with Crippen LogP contribution in [0, 0.1) is 11.8 Å². The summed E-state index contributed by atoms with van der Waals surface area (Å²) < 4.78 is 0. The number of carbonyl (C=O) groups excluding carboxylic acids is 2. The molecule has 1 saturated carbocycles. The van der Waals surface area contributed by atoms with Gasteiger partial charge < -0.3 is 9.88 Å². The van der Waals surface area contributed by atoms with Gasteiger partial charge in [-0.2, -0.15) is 0 Å². The third kappa shape index (κ3) is 2.37. The fourth-order valence-corrected chi connectivity index (χ4v) is 2.29. The molecule has 1 unspecified atom stereocenters. The summed E-state index contributed by atoms with van der Waals surface area (Å²) in [5.41, 5.74) is 0. The van der Waals surface area contributed by atoms with Crippen molar-refractivity contribution in [1.29, 1.82) is 0 Å². The Morgan fingerprint density at radius 2 is 2.39 bits per heavy atom. The van der Waals surface area contributed by atoms with Gasteiger partial charge >= 0.3 is 0 Å². The molecule has 0 spiro atoms. The highest BCUT2D eigenvalue weighted by Crippen LogP contribution is 2.32. The van der Waals surface area contributed by atoms with Gasteiger partial charge in [-0.15, -0.1) is 0 Å². The van der Waals surface area contributed by atoms with E-state index in [1.165, 1.54) is 12.8 Å². The van der Waals surface area contributed by atoms with Crippen LogP contribution in [-0.2, 0) is 9.59 Å². The number of amides is 2. The average Bonchev–Trinajstić information content (AvgIpc) is 2.86. The molecule has 2 aliphatic rings. The van der Waals surface area contributed by atoms with Crippen molar-refractivity contribution in [3.05, 3.63) is 12.4 Å². The number of nitrogens with one attached hydrogen (secondary N) is 2. The van der Waals surface area contributed by atoms with Gasteiger partial charge in [0.1, 0.15) is 0 Å². The Balaban J connectivity index is 1.56. The number of hydrogen-bond donors (Lipinski definition) is 2. The molecule has 18 heavy (non-hydrogen) atoms. The number of carbonyl (C=O) groups is 2. The van der Waals surface area contributed by atoms with E-state index in [0.29, 0.717) is 24.8 Å². The molecule has 2 amide bonds. The van der Waals surface area contributed by atoms with E-state index < -0.39 is 0 Å². The van der Waals surface area contributed by atoms with Crippen LogP contribution in [0.5, 0.6) is 0 Å². The van der Waals surface area contributed by atoms with Crippen LogP contribution < -0.4 is 5.32 Å². The number of rotatable bonds is 4. The van der Waals surface area contributed by atoms with Crippen LogP contribution in [0.15, 0.2) is 12.4 Å². The van der Waals surface area contributed by atoms with Gasteiger partial charge in [0, 0.05) is 31.9 Å². The summed E-state index contributed by atoms with van der Waals surface area (Å²) in [6, 6.07) is 0. The van der Waals surface area contributed by atoms with E-state index in [9.17, 15) is 9.59 Å². The SMILES string of the molecule is O=C(Nc1ncc[nH]1)C1CC(=O)N(CC2CC2)C1. The van der Waals surface area contributed by atoms with Crippen LogP contribution in [0.1, 0.15) is 19.3 Å². The Kier molecular flexibility index (Phi) is 2.77. The minimum atomic E-state index is -0.249. The predicted molar refractivity (Wildman–Crippen MR) is 64.6 cm³/mol. The average molecular weight is 248 g/mol. The first-order valence-electron chi connectivity index (χ1n) is 6.30. The van der Waals surface area contributed by atoms with E-state index in [1.807, 2.05) is 4.90 Å². The molecule has 3 rings (SSSR count). The highest BCUT2D eigenvalue weighted by atomic mass is 16.2. The normalized spacial score (nSPS) is 23.4. The molecule has 1 aliphatic carbocycles.